The molecule has 2 rings (SSSR count). The van der Waals surface area contributed by atoms with Crippen LogP contribution in [0, 0.1) is 0 Å². The van der Waals surface area contributed by atoms with Crippen LogP contribution in [0.3, 0.4) is 0 Å². The topological polar surface area (TPSA) is 49.4 Å². The Labute approximate surface area is 158 Å². The molecule has 0 aliphatic carbocycles. The van der Waals surface area contributed by atoms with Crippen LogP contribution in [0.2, 0.25) is 0 Å². The Balaban J connectivity index is 2.02. The fourth-order valence-electron chi connectivity index (χ4n) is 2.30. The SMILES string of the molecule is CCCCNC(=O)CN1C(=O)C(=CC(C)=Cc2ccccc2)SC1=S. The number of benzene rings is 1. The van der Waals surface area contributed by atoms with Gasteiger partial charge in [-0.2, -0.15) is 0 Å². The summed E-state index contributed by atoms with van der Waals surface area (Å²) in [7, 11) is 0. The van der Waals surface area contributed by atoms with Crippen LogP contribution in [-0.4, -0.2) is 34.1 Å². The third-order valence-corrected chi connectivity index (χ3v) is 4.96. The van der Waals surface area contributed by atoms with E-state index in [0.29, 0.717) is 15.8 Å². The van der Waals surface area contributed by atoms with Gasteiger partial charge in [0, 0.05) is 6.54 Å². The number of thiocarbonyl (C=S) groups is 1. The zero-order valence-corrected chi connectivity index (χ0v) is 16.1. The van der Waals surface area contributed by atoms with E-state index in [0.717, 1.165) is 24.0 Å². The van der Waals surface area contributed by atoms with Gasteiger partial charge in [-0.3, -0.25) is 14.5 Å². The summed E-state index contributed by atoms with van der Waals surface area (Å²) in [6, 6.07) is 9.90. The maximum Gasteiger partial charge on any atom is 0.266 e. The van der Waals surface area contributed by atoms with Gasteiger partial charge in [-0.1, -0.05) is 73.7 Å². The molecule has 1 aromatic rings. The van der Waals surface area contributed by atoms with Crippen LogP contribution in [0.4, 0.5) is 0 Å². The molecule has 0 saturated carbocycles. The first-order valence-electron chi connectivity index (χ1n) is 8.26. The molecule has 4 nitrogen and oxygen atoms in total. The second-order valence-electron chi connectivity index (χ2n) is 5.77. The van der Waals surface area contributed by atoms with Crippen molar-refractivity contribution < 1.29 is 9.59 Å². The van der Waals surface area contributed by atoms with E-state index >= 15 is 0 Å². The number of hydrogen-bond donors (Lipinski definition) is 1. The fraction of sp³-hybridized carbons (Fsp3) is 0.316. The van der Waals surface area contributed by atoms with Gasteiger partial charge in [0.05, 0.1) is 4.91 Å². The zero-order valence-electron chi connectivity index (χ0n) is 14.5. The summed E-state index contributed by atoms with van der Waals surface area (Å²) in [5, 5.41) is 2.81. The van der Waals surface area contributed by atoms with Crippen LogP contribution < -0.4 is 5.32 Å². The molecule has 1 heterocycles. The monoisotopic (exact) mass is 374 g/mol. The first kappa shape index (κ1) is 19.4. The van der Waals surface area contributed by atoms with E-state index in [4.69, 9.17) is 12.2 Å². The van der Waals surface area contributed by atoms with Gasteiger partial charge in [-0.15, -0.1) is 0 Å². The summed E-state index contributed by atoms with van der Waals surface area (Å²) >= 11 is 6.50. The van der Waals surface area contributed by atoms with Crippen LogP contribution in [-0.2, 0) is 9.59 Å². The van der Waals surface area contributed by atoms with Crippen molar-refractivity contribution in [2.24, 2.45) is 0 Å². The Morgan fingerprint density at radius 2 is 2.04 bits per heavy atom. The van der Waals surface area contributed by atoms with Gasteiger partial charge in [0.2, 0.25) is 5.91 Å². The number of amides is 2. The van der Waals surface area contributed by atoms with Crippen molar-refractivity contribution in [2.75, 3.05) is 13.1 Å². The minimum atomic E-state index is -0.207. The average Bonchev–Trinajstić information content (AvgIpc) is 2.83. The van der Waals surface area contributed by atoms with Crippen molar-refractivity contribution in [3.8, 4) is 0 Å². The molecule has 1 aliphatic heterocycles. The maximum atomic E-state index is 12.5. The number of thioether (sulfide) groups is 1. The first-order chi connectivity index (χ1) is 12.0. The van der Waals surface area contributed by atoms with Crippen molar-refractivity contribution >= 4 is 46.2 Å². The predicted molar refractivity (Wildman–Crippen MR) is 108 cm³/mol. The highest BCUT2D eigenvalue weighted by Gasteiger charge is 2.33. The Morgan fingerprint density at radius 1 is 1.32 bits per heavy atom. The molecule has 1 aromatic carbocycles. The lowest BCUT2D eigenvalue weighted by Gasteiger charge is -2.13. The van der Waals surface area contributed by atoms with Crippen LogP contribution in [0.25, 0.3) is 6.08 Å². The van der Waals surface area contributed by atoms with Crippen LogP contribution in [0.15, 0.2) is 46.9 Å². The zero-order chi connectivity index (χ0) is 18.2. The van der Waals surface area contributed by atoms with Gasteiger partial charge in [-0.05, 0) is 30.6 Å². The third-order valence-electron chi connectivity index (χ3n) is 3.58. The van der Waals surface area contributed by atoms with E-state index in [1.807, 2.05) is 49.4 Å². The molecule has 0 unspecified atom stereocenters. The van der Waals surface area contributed by atoms with Crippen LogP contribution in [0.5, 0.6) is 0 Å². The number of carbonyl (C=O) groups excluding carboxylic acids is 2. The summed E-state index contributed by atoms with van der Waals surface area (Å²) in [6.07, 6.45) is 5.76. The van der Waals surface area contributed by atoms with Crippen LogP contribution >= 0.6 is 24.0 Å². The Morgan fingerprint density at radius 3 is 2.72 bits per heavy atom. The number of nitrogens with one attached hydrogen (secondary N) is 1. The molecule has 0 atom stereocenters. The normalized spacial score (nSPS) is 16.6. The van der Waals surface area contributed by atoms with Gasteiger partial charge in [0.15, 0.2) is 0 Å². The summed E-state index contributed by atoms with van der Waals surface area (Å²) in [5.74, 6) is -0.385. The molecule has 0 aromatic heterocycles. The molecule has 25 heavy (non-hydrogen) atoms. The van der Waals surface area contributed by atoms with Crippen molar-refractivity contribution in [1.82, 2.24) is 10.2 Å². The lowest BCUT2D eigenvalue weighted by Crippen LogP contribution is -2.39. The minimum absolute atomic E-state index is 0.0207. The second-order valence-corrected chi connectivity index (χ2v) is 7.45. The second kappa shape index (κ2) is 9.53. The fourth-order valence-corrected chi connectivity index (χ4v) is 3.61. The quantitative estimate of drug-likeness (QED) is 0.449. The molecule has 6 heteroatoms. The predicted octanol–water partition coefficient (Wildman–Crippen LogP) is 3.75. The number of hydrogen-bond acceptors (Lipinski definition) is 4. The van der Waals surface area contributed by atoms with Crippen molar-refractivity contribution in [1.29, 1.82) is 0 Å². The lowest BCUT2D eigenvalue weighted by atomic mass is 10.1. The molecule has 2 amide bonds. The van der Waals surface area contributed by atoms with Crippen molar-refractivity contribution in [3.05, 3.63) is 52.4 Å². The van der Waals surface area contributed by atoms with Crippen LogP contribution in [0.1, 0.15) is 32.3 Å². The van der Waals surface area contributed by atoms with Gasteiger partial charge in [-0.25, -0.2) is 0 Å². The number of unbranched alkanes of at least 4 members (excludes halogenated alkanes) is 1. The van der Waals surface area contributed by atoms with E-state index in [1.54, 1.807) is 0 Å². The van der Waals surface area contributed by atoms with Crippen molar-refractivity contribution in [3.63, 3.8) is 0 Å². The molecule has 1 fully saturated rings. The highest BCUT2D eigenvalue weighted by molar-refractivity contribution is 8.26. The Bertz CT molecular complexity index is 711. The van der Waals surface area contributed by atoms with E-state index in [9.17, 15) is 9.59 Å². The molecule has 0 radical (unpaired) electrons. The molecule has 1 aliphatic rings. The summed E-state index contributed by atoms with van der Waals surface area (Å²) < 4.78 is 0.425. The molecule has 1 saturated heterocycles. The van der Waals surface area contributed by atoms with Gasteiger partial charge in [0.25, 0.3) is 5.91 Å². The number of rotatable bonds is 7. The van der Waals surface area contributed by atoms with Gasteiger partial charge in [0.1, 0.15) is 10.9 Å². The molecule has 0 bridgehead atoms. The Hall–Kier alpha value is -1.92. The van der Waals surface area contributed by atoms with Gasteiger partial charge >= 0.3 is 0 Å². The van der Waals surface area contributed by atoms with Gasteiger partial charge < -0.3 is 5.32 Å². The third kappa shape index (κ3) is 5.83. The van der Waals surface area contributed by atoms with E-state index in [1.165, 1.54) is 16.7 Å². The van der Waals surface area contributed by atoms with Crippen molar-refractivity contribution in [2.45, 2.75) is 26.7 Å². The summed E-state index contributed by atoms with van der Waals surface area (Å²) in [4.78, 5) is 26.4. The van der Waals surface area contributed by atoms with E-state index < -0.39 is 0 Å². The highest BCUT2D eigenvalue weighted by atomic mass is 32.2. The number of allylic oxidation sites excluding steroid dienone is 2. The van der Waals surface area contributed by atoms with E-state index in [-0.39, 0.29) is 18.4 Å². The first-order valence-corrected chi connectivity index (χ1v) is 9.49. The maximum absolute atomic E-state index is 12.5. The smallest absolute Gasteiger partial charge is 0.266 e. The standard InChI is InChI=1S/C19H22N2O2S2/c1-3-4-10-20-17(22)13-21-18(23)16(25-19(21)24)12-14(2)11-15-8-6-5-7-9-15/h5-9,11-12H,3-4,10,13H2,1-2H3,(H,20,22). The minimum Gasteiger partial charge on any atom is -0.355 e. The summed E-state index contributed by atoms with van der Waals surface area (Å²) in [6.45, 7) is 4.60. The lowest BCUT2D eigenvalue weighted by molar-refractivity contribution is -0.128. The van der Waals surface area contributed by atoms with E-state index in [2.05, 4.69) is 12.2 Å². The largest absolute Gasteiger partial charge is 0.355 e. The number of nitrogens with zero attached hydrogens (tertiary/aromatic N) is 1. The summed E-state index contributed by atoms with van der Waals surface area (Å²) in [5.41, 5.74) is 2.03. The molecule has 0 spiro atoms. The highest BCUT2D eigenvalue weighted by Crippen LogP contribution is 2.31. The Kier molecular flexibility index (Phi) is 7.40. The molecule has 1 N–H and O–H groups in total. The molecule has 132 valence electrons. The molecular formula is C19H22N2O2S2. The number of carbonyl (C=O) groups is 2. The molecular weight excluding hydrogens is 352 g/mol. The average molecular weight is 375 g/mol.